The first-order valence-corrected chi connectivity index (χ1v) is 14.0. The van der Waals surface area contributed by atoms with Gasteiger partial charge in [-0.2, -0.15) is 0 Å². The maximum Gasteiger partial charge on any atom is 0.215 e. The van der Waals surface area contributed by atoms with Gasteiger partial charge in [0, 0.05) is 21.3 Å². The van der Waals surface area contributed by atoms with Crippen LogP contribution in [0.2, 0.25) is 5.02 Å². The molecule has 188 valence electrons. The Bertz CT molecular complexity index is 1580. The number of aromatic nitrogens is 2. The highest BCUT2D eigenvalue weighted by molar-refractivity contribution is 7.90. The highest BCUT2D eigenvalue weighted by atomic mass is 35.5. The van der Waals surface area contributed by atoms with Crippen molar-refractivity contribution < 1.29 is 17.9 Å². The Balaban J connectivity index is 1.66. The van der Waals surface area contributed by atoms with Gasteiger partial charge in [0.05, 0.1) is 33.3 Å². The predicted octanol–water partition coefficient (Wildman–Crippen LogP) is 5.13. The van der Waals surface area contributed by atoms with Crippen molar-refractivity contribution in [1.29, 1.82) is 0 Å². The molecule has 5 rings (SSSR count). The van der Waals surface area contributed by atoms with Gasteiger partial charge in [-0.25, -0.2) is 22.5 Å². The third kappa shape index (κ3) is 4.83. The molecule has 1 unspecified atom stereocenters. The van der Waals surface area contributed by atoms with Crippen LogP contribution in [0.5, 0.6) is 0 Å². The van der Waals surface area contributed by atoms with Crippen LogP contribution in [-0.4, -0.2) is 28.7 Å². The summed E-state index contributed by atoms with van der Waals surface area (Å²) < 4.78 is 43.5. The largest absolute Gasteiger partial charge is 0.386 e. The Hall–Kier alpha value is -2.63. The van der Waals surface area contributed by atoms with Gasteiger partial charge >= 0.3 is 0 Å². The minimum Gasteiger partial charge on any atom is -0.386 e. The fourth-order valence-corrected chi connectivity index (χ4v) is 7.05. The molecule has 1 saturated carbocycles. The standard InChI is InChI=1S/C25H24ClFN4O3S2/c1-25(2,32)14-8-9-29-19(11-14)16-5-3-4-13-10-20(35-23(13)16)22(31-36(33,34)15-6-7-15)21-17(26)12-18(27)24(28)30-21/h3-5,8-12,15,22,31-32H,6-7H2,1-2H3,(H2,28,30). The highest BCUT2D eigenvalue weighted by Gasteiger charge is 2.39. The number of halogens is 2. The number of nitrogens with two attached hydrogens (primary N) is 1. The Morgan fingerprint density at radius 1 is 1.25 bits per heavy atom. The first kappa shape index (κ1) is 25.0. The number of fused-ring (bicyclic) bond motifs is 1. The van der Waals surface area contributed by atoms with Crippen molar-refractivity contribution in [3.8, 4) is 11.3 Å². The second kappa shape index (κ2) is 9.04. The molecule has 7 nitrogen and oxygen atoms in total. The molecule has 0 amide bonds. The van der Waals surface area contributed by atoms with Gasteiger partial charge in [0.1, 0.15) is 0 Å². The van der Waals surface area contributed by atoms with Crippen molar-refractivity contribution in [3.63, 3.8) is 0 Å². The summed E-state index contributed by atoms with van der Waals surface area (Å²) in [5, 5.41) is 10.8. The van der Waals surface area contributed by atoms with Gasteiger partial charge < -0.3 is 10.8 Å². The molecule has 0 bridgehead atoms. The van der Waals surface area contributed by atoms with Crippen molar-refractivity contribution >= 4 is 48.9 Å². The molecular formula is C25H24ClFN4O3S2. The molecule has 1 fully saturated rings. The van der Waals surface area contributed by atoms with Crippen LogP contribution in [0.25, 0.3) is 21.3 Å². The Morgan fingerprint density at radius 2 is 2.00 bits per heavy atom. The number of nitrogens with one attached hydrogen (secondary N) is 1. The van der Waals surface area contributed by atoms with Crippen LogP contribution in [0.3, 0.4) is 0 Å². The molecule has 1 aliphatic rings. The number of sulfonamides is 1. The van der Waals surface area contributed by atoms with Crippen molar-refractivity contribution in [2.45, 2.75) is 43.6 Å². The molecule has 3 heterocycles. The topological polar surface area (TPSA) is 118 Å². The number of anilines is 1. The first-order valence-electron chi connectivity index (χ1n) is 11.3. The van der Waals surface area contributed by atoms with Crippen LogP contribution < -0.4 is 10.5 Å². The lowest BCUT2D eigenvalue weighted by Crippen LogP contribution is -2.32. The summed E-state index contributed by atoms with van der Waals surface area (Å²) >= 11 is 7.70. The van der Waals surface area contributed by atoms with Crippen LogP contribution in [0.4, 0.5) is 10.2 Å². The van der Waals surface area contributed by atoms with E-state index in [-0.39, 0.29) is 16.5 Å². The molecule has 36 heavy (non-hydrogen) atoms. The fourth-order valence-electron chi connectivity index (χ4n) is 3.97. The molecule has 0 radical (unpaired) electrons. The molecule has 4 N–H and O–H groups in total. The maximum atomic E-state index is 14.0. The number of thiophene rings is 1. The lowest BCUT2D eigenvalue weighted by atomic mass is 9.97. The summed E-state index contributed by atoms with van der Waals surface area (Å²) in [4.78, 5) is 9.24. The quantitative estimate of drug-likeness (QED) is 0.296. The molecule has 0 spiro atoms. The van der Waals surface area contributed by atoms with Crippen LogP contribution in [0.15, 0.2) is 48.7 Å². The Kier molecular flexibility index (Phi) is 6.29. The summed E-state index contributed by atoms with van der Waals surface area (Å²) in [7, 11) is -3.66. The van der Waals surface area contributed by atoms with Gasteiger partial charge in [-0.15, -0.1) is 11.3 Å². The molecular weight excluding hydrogens is 523 g/mol. The number of pyridine rings is 2. The zero-order chi connectivity index (χ0) is 25.8. The smallest absolute Gasteiger partial charge is 0.215 e. The second-order valence-corrected chi connectivity index (χ2v) is 12.9. The Morgan fingerprint density at radius 3 is 2.69 bits per heavy atom. The SMILES string of the molecule is CC(C)(O)c1ccnc(-c2cccc3cc(C(NS(=O)(=O)C4CC4)c4nc(N)c(F)cc4Cl)sc23)c1. The molecule has 3 aromatic heterocycles. The molecule has 4 aromatic rings. The third-order valence-electron chi connectivity index (χ3n) is 6.09. The third-order valence-corrected chi connectivity index (χ3v) is 9.56. The molecule has 0 saturated heterocycles. The molecule has 1 aromatic carbocycles. The van der Waals surface area contributed by atoms with E-state index in [2.05, 4.69) is 14.7 Å². The van der Waals surface area contributed by atoms with Gasteiger partial charge in [-0.1, -0.05) is 29.8 Å². The summed E-state index contributed by atoms with van der Waals surface area (Å²) in [6, 6.07) is 11.3. The zero-order valence-corrected chi connectivity index (χ0v) is 21.9. The lowest BCUT2D eigenvalue weighted by Gasteiger charge is -2.19. The van der Waals surface area contributed by atoms with Crippen LogP contribution >= 0.6 is 22.9 Å². The van der Waals surface area contributed by atoms with E-state index in [9.17, 15) is 17.9 Å². The average Bonchev–Trinajstić information content (AvgIpc) is 3.59. The van der Waals surface area contributed by atoms with Gasteiger partial charge in [-0.05, 0) is 61.9 Å². The van der Waals surface area contributed by atoms with E-state index in [4.69, 9.17) is 17.3 Å². The van der Waals surface area contributed by atoms with Gasteiger partial charge in [0.2, 0.25) is 10.0 Å². The highest BCUT2D eigenvalue weighted by Crippen LogP contribution is 2.41. The van der Waals surface area contributed by atoms with Crippen molar-refractivity contribution in [1.82, 2.24) is 14.7 Å². The van der Waals surface area contributed by atoms with E-state index in [1.807, 2.05) is 30.3 Å². The molecule has 11 heteroatoms. The second-order valence-electron chi connectivity index (χ2n) is 9.38. The van der Waals surface area contributed by atoms with Crippen LogP contribution in [0, 0.1) is 5.82 Å². The number of hydrogen-bond acceptors (Lipinski definition) is 7. The van der Waals surface area contributed by atoms with E-state index >= 15 is 0 Å². The van der Waals surface area contributed by atoms with Gasteiger partial charge in [0.25, 0.3) is 0 Å². The average molecular weight is 547 g/mol. The summed E-state index contributed by atoms with van der Waals surface area (Å²) in [6.45, 7) is 3.41. The lowest BCUT2D eigenvalue weighted by molar-refractivity contribution is 0.0785. The Labute approximate surface area is 217 Å². The molecule has 0 aliphatic heterocycles. The minimum atomic E-state index is -3.66. The number of benzene rings is 1. The maximum absolute atomic E-state index is 14.0. The zero-order valence-electron chi connectivity index (χ0n) is 19.5. The fraction of sp³-hybridized carbons (Fsp3) is 0.280. The van der Waals surface area contributed by atoms with Gasteiger partial charge in [-0.3, -0.25) is 4.98 Å². The predicted molar refractivity (Wildman–Crippen MR) is 141 cm³/mol. The van der Waals surface area contributed by atoms with Crippen molar-refractivity contribution in [2.75, 3.05) is 5.73 Å². The number of rotatable bonds is 7. The van der Waals surface area contributed by atoms with Crippen LogP contribution in [-0.2, 0) is 15.6 Å². The van der Waals surface area contributed by atoms with E-state index in [1.165, 1.54) is 11.3 Å². The van der Waals surface area contributed by atoms with Gasteiger partial charge in [0.15, 0.2) is 11.6 Å². The first-order chi connectivity index (χ1) is 16.9. The summed E-state index contributed by atoms with van der Waals surface area (Å²) in [5.74, 6) is -1.14. The number of nitrogens with zero attached hydrogens (tertiary/aromatic N) is 2. The van der Waals surface area contributed by atoms with E-state index in [0.717, 1.165) is 21.7 Å². The molecule has 1 aliphatic carbocycles. The summed E-state index contributed by atoms with van der Waals surface area (Å²) in [5.41, 5.74) is 7.03. The number of hydrogen-bond donors (Lipinski definition) is 3. The van der Waals surface area contributed by atoms with E-state index in [0.29, 0.717) is 29.0 Å². The molecule has 1 atom stereocenters. The monoisotopic (exact) mass is 546 g/mol. The number of aliphatic hydroxyl groups is 1. The van der Waals surface area contributed by atoms with Crippen molar-refractivity contribution in [3.05, 3.63) is 75.6 Å². The van der Waals surface area contributed by atoms with E-state index < -0.39 is 32.7 Å². The van der Waals surface area contributed by atoms with Crippen molar-refractivity contribution in [2.24, 2.45) is 0 Å². The minimum absolute atomic E-state index is 0.0255. The number of nitrogen functional groups attached to an aromatic ring is 1. The summed E-state index contributed by atoms with van der Waals surface area (Å²) in [6.07, 6.45) is 2.80. The van der Waals surface area contributed by atoms with Crippen LogP contribution in [0.1, 0.15) is 48.9 Å². The normalized spacial score (nSPS) is 15.4. The van der Waals surface area contributed by atoms with E-state index in [1.54, 1.807) is 26.1 Å².